The molecule has 1 rings (SSSR count). The van der Waals surface area contributed by atoms with Crippen molar-refractivity contribution in [1.29, 1.82) is 0 Å². The van der Waals surface area contributed by atoms with Gasteiger partial charge in [0.05, 0.1) is 10.5 Å². The molecule has 0 aliphatic heterocycles. The van der Waals surface area contributed by atoms with Crippen molar-refractivity contribution in [2.45, 2.75) is 58.3 Å². The molecule has 1 aromatic rings. The number of nitro benzene ring substituents is 1. The van der Waals surface area contributed by atoms with E-state index in [2.05, 4.69) is 0 Å². The van der Waals surface area contributed by atoms with Crippen LogP contribution in [-0.4, -0.2) is 51.3 Å². The highest BCUT2D eigenvalue weighted by molar-refractivity contribution is 5.93. The van der Waals surface area contributed by atoms with E-state index in [9.17, 15) is 29.6 Å². The number of para-hydroxylation sites is 1. The molecule has 0 heterocycles. The first-order valence-corrected chi connectivity index (χ1v) is 9.32. The van der Waals surface area contributed by atoms with Crippen LogP contribution in [0.4, 0.5) is 15.3 Å². The number of imide groups is 1. The van der Waals surface area contributed by atoms with Gasteiger partial charge < -0.3 is 20.3 Å². The second kappa shape index (κ2) is 11.1. The third kappa shape index (κ3) is 7.66. The summed E-state index contributed by atoms with van der Waals surface area (Å²) in [6.45, 7) is 4.48. The summed E-state index contributed by atoms with van der Waals surface area (Å²) in [5.41, 5.74) is 4.25. The van der Waals surface area contributed by atoms with Crippen LogP contribution in [0.3, 0.4) is 0 Å². The quantitative estimate of drug-likeness (QED) is 0.344. The number of carboxylic acids is 1. The molecular weight excluding hydrogens is 398 g/mol. The van der Waals surface area contributed by atoms with E-state index in [1.807, 2.05) is 0 Å². The van der Waals surface area contributed by atoms with Gasteiger partial charge in [0.1, 0.15) is 18.2 Å². The van der Waals surface area contributed by atoms with E-state index >= 15 is 0 Å². The summed E-state index contributed by atoms with van der Waals surface area (Å²) in [7, 11) is 0. The molecule has 0 bridgehead atoms. The van der Waals surface area contributed by atoms with Gasteiger partial charge in [0.15, 0.2) is 0 Å². The number of carboxylic acid groups (broad SMARTS) is 1. The maximum absolute atomic E-state index is 12.6. The number of hydrogen-bond donors (Lipinski definition) is 2. The van der Waals surface area contributed by atoms with Gasteiger partial charge in [-0.15, -0.1) is 0 Å². The lowest BCUT2D eigenvalue weighted by molar-refractivity contribution is -0.385. The van der Waals surface area contributed by atoms with Crippen molar-refractivity contribution in [3.63, 3.8) is 0 Å². The highest BCUT2D eigenvalue weighted by Gasteiger charge is 2.38. The number of ether oxygens (including phenoxy) is 2. The number of carbonyl (C=O) groups is 3. The number of nitrogens with zero attached hydrogens (tertiary/aromatic N) is 2. The molecule has 11 heteroatoms. The number of aliphatic carboxylic acids is 1. The summed E-state index contributed by atoms with van der Waals surface area (Å²) >= 11 is 0. The van der Waals surface area contributed by atoms with Crippen LogP contribution in [-0.2, 0) is 20.9 Å². The highest BCUT2D eigenvalue weighted by atomic mass is 16.6. The number of nitro groups is 1. The molecule has 166 valence electrons. The first-order valence-electron chi connectivity index (χ1n) is 9.32. The van der Waals surface area contributed by atoms with Crippen molar-refractivity contribution in [1.82, 2.24) is 4.90 Å². The van der Waals surface area contributed by atoms with Gasteiger partial charge in [-0.25, -0.2) is 14.4 Å². The lowest BCUT2D eigenvalue weighted by atomic mass is 10.1. The predicted octanol–water partition coefficient (Wildman–Crippen LogP) is 3.05. The molecule has 30 heavy (non-hydrogen) atoms. The third-order valence-corrected chi connectivity index (χ3v) is 3.85. The average molecular weight is 425 g/mol. The molecule has 11 nitrogen and oxygen atoms in total. The van der Waals surface area contributed by atoms with E-state index in [0.29, 0.717) is 24.3 Å². The first kappa shape index (κ1) is 24.8. The van der Waals surface area contributed by atoms with Gasteiger partial charge in [-0.1, -0.05) is 12.1 Å². The molecule has 3 N–H and O–H groups in total. The lowest BCUT2D eigenvalue weighted by Gasteiger charge is -2.29. The summed E-state index contributed by atoms with van der Waals surface area (Å²) in [5, 5.41) is 20.7. The third-order valence-electron chi connectivity index (χ3n) is 3.85. The number of unbranched alkanes of at least 4 members (excludes halogenated alkanes) is 1. The van der Waals surface area contributed by atoms with E-state index in [4.69, 9.17) is 15.2 Å². The SMILES string of the molecule is CC(C)(C)OC(=O)N(C(=O)OCc1ccccc1[N+](=O)[O-])[C@@H](CCCCN)C(=O)O. The average Bonchev–Trinajstić information content (AvgIpc) is 2.64. The minimum Gasteiger partial charge on any atom is -0.480 e. The fourth-order valence-corrected chi connectivity index (χ4v) is 2.51. The smallest absolute Gasteiger partial charge is 0.420 e. The normalized spacial score (nSPS) is 12.0. The monoisotopic (exact) mass is 425 g/mol. The number of carbonyl (C=O) groups excluding carboxylic acids is 2. The molecule has 0 unspecified atom stereocenters. The molecule has 0 saturated carbocycles. The zero-order chi connectivity index (χ0) is 22.9. The zero-order valence-corrected chi connectivity index (χ0v) is 17.2. The molecule has 0 spiro atoms. The summed E-state index contributed by atoms with van der Waals surface area (Å²) in [4.78, 5) is 47.8. The number of hydrogen-bond acceptors (Lipinski definition) is 8. The summed E-state index contributed by atoms with van der Waals surface area (Å²) in [5.74, 6) is -1.42. The van der Waals surface area contributed by atoms with Crippen molar-refractivity contribution in [2.24, 2.45) is 5.73 Å². The van der Waals surface area contributed by atoms with Crippen molar-refractivity contribution >= 4 is 23.8 Å². The molecule has 0 fully saturated rings. The number of rotatable bonds is 9. The highest BCUT2D eigenvalue weighted by Crippen LogP contribution is 2.21. The van der Waals surface area contributed by atoms with Crippen LogP contribution in [0.5, 0.6) is 0 Å². The Balaban J connectivity index is 3.10. The Bertz CT molecular complexity index is 775. The van der Waals surface area contributed by atoms with E-state index in [-0.39, 0.29) is 17.7 Å². The van der Waals surface area contributed by atoms with Crippen LogP contribution in [0.1, 0.15) is 45.6 Å². The van der Waals surface area contributed by atoms with Gasteiger partial charge in [0, 0.05) is 6.07 Å². The maximum atomic E-state index is 12.6. The van der Waals surface area contributed by atoms with Crippen molar-refractivity contribution in [2.75, 3.05) is 6.54 Å². The zero-order valence-electron chi connectivity index (χ0n) is 17.2. The Hall–Kier alpha value is -3.21. The number of nitrogens with two attached hydrogens (primary N) is 1. The second-order valence-corrected chi connectivity index (χ2v) is 7.43. The molecule has 0 aliphatic rings. The standard InChI is InChI=1S/C19H27N3O8/c1-19(2,3)30-18(26)21(15(16(23)24)10-6-7-11-20)17(25)29-12-13-8-4-5-9-14(13)22(27)28/h4-5,8-9,15H,6-7,10-12,20H2,1-3H3,(H,23,24)/t15-/m0/s1. The fraction of sp³-hybridized carbons (Fsp3) is 0.526. The minimum atomic E-state index is -1.54. The van der Waals surface area contributed by atoms with Gasteiger partial charge in [0.2, 0.25) is 0 Å². The largest absolute Gasteiger partial charge is 0.480 e. The Kier molecular flexibility index (Phi) is 9.18. The van der Waals surface area contributed by atoms with Crippen LogP contribution in [0.2, 0.25) is 0 Å². The molecule has 0 radical (unpaired) electrons. The second-order valence-electron chi connectivity index (χ2n) is 7.43. The van der Waals surface area contributed by atoms with Crippen LogP contribution >= 0.6 is 0 Å². The van der Waals surface area contributed by atoms with Gasteiger partial charge in [-0.3, -0.25) is 10.1 Å². The van der Waals surface area contributed by atoms with Crippen LogP contribution < -0.4 is 5.73 Å². The molecule has 2 amide bonds. The van der Waals surface area contributed by atoms with E-state index < -0.39 is 41.3 Å². The molecule has 1 aromatic carbocycles. The van der Waals surface area contributed by atoms with Crippen molar-refractivity contribution < 1.29 is 33.9 Å². The summed E-state index contributed by atoms with van der Waals surface area (Å²) < 4.78 is 10.2. The number of benzene rings is 1. The Labute approximate surface area is 173 Å². The number of amides is 2. The van der Waals surface area contributed by atoms with Crippen LogP contribution in [0, 0.1) is 10.1 Å². The Morgan fingerprint density at radius 2 is 1.83 bits per heavy atom. The topological polar surface area (TPSA) is 162 Å². The molecule has 0 saturated heterocycles. The molecule has 0 aromatic heterocycles. The maximum Gasteiger partial charge on any atom is 0.420 e. The Morgan fingerprint density at radius 1 is 1.20 bits per heavy atom. The van der Waals surface area contributed by atoms with E-state index in [0.717, 1.165) is 0 Å². The molecular formula is C19H27N3O8. The predicted molar refractivity (Wildman–Crippen MR) is 106 cm³/mol. The van der Waals surface area contributed by atoms with E-state index in [1.165, 1.54) is 24.3 Å². The first-order chi connectivity index (χ1) is 14.0. The fourth-order valence-electron chi connectivity index (χ4n) is 2.51. The van der Waals surface area contributed by atoms with Gasteiger partial charge in [-0.2, -0.15) is 4.90 Å². The van der Waals surface area contributed by atoms with Crippen molar-refractivity contribution in [3.8, 4) is 0 Å². The van der Waals surface area contributed by atoms with Gasteiger partial charge >= 0.3 is 18.2 Å². The Morgan fingerprint density at radius 3 is 2.37 bits per heavy atom. The lowest BCUT2D eigenvalue weighted by Crippen LogP contribution is -2.50. The molecule has 0 aliphatic carbocycles. The summed E-state index contributed by atoms with van der Waals surface area (Å²) in [6.07, 6.45) is -1.66. The van der Waals surface area contributed by atoms with E-state index in [1.54, 1.807) is 20.8 Å². The minimum absolute atomic E-state index is 0.0492. The van der Waals surface area contributed by atoms with Crippen molar-refractivity contribution in [3.05, 3.63) is 39.9 Å². The summed E-state index contributed by atoms with van der Waals surface area (Å²) in [6, 6.07) is 4.06. The molecule has 1 atom stereocenters. The van der Waals surface area contributed by atoms with Gasteiger partial charge in [-0.05, 0) is 52.6 Å². The van der Waals surface area contributed by atoms with Gasteiger partial charge in [0.25, 0.3) is 5.69 Å². The van der Waals surface area contributed by atoms with Crippen LogP contribution in [0.25, 0.3) is 0 Å². The van der Waals surface area contributed by atoms with Crippen LogP contribution in [0.15, 0.2) is 24.3 Å².